The molecule has 14 nitrogen and oxygen atoms in total. The van der Waals surface area contributed by atoms with Gasteiger partial charge in [-0.25, -0.2) is 14.8 Å². The fourth-order valence-electron chi connectivity index (χ4n) is 5.43. The summed E-state index contributed by atoms with van der Waals surface area (Å²) in [5.74, 6) is 0.0477. The predicted molar refractivity (Wildman–Crippen MR) is 167 cm³/mol. The highest BCUT2D eigenvalue weighted by molar-refractivity contribution is 7.53. The number of carbonyl (C=O) groups excluding carboxylic acids is 2. The molecule has 2 fully saturated rings. The first-order valence-corrected chi connectivity index (χ1v) is 17.1. The van der Waals surface area contributed by atoms with Crippen LogP contribution in [0.25, 0.3) is 11.4 Å². The van der Waals surface area contributed by atoms with E-state index in [-0.39, 0.29) is 76.1 Å². The van der Waals surface area contributed by atoms with Crippen LogP contribution in [0.1, 0.15) is 43.6 Å². The number of amides is 3. The van der Waals surface area contributed by atoms with Gasteiger partial charge in [-0.05, 0) is 33.1 Å². The standard InChI is InChI=1S/C30H43N6O8P/c1-4-43-45(41,44-5-2)19-9-12-24(29(38)34-15-17-35(18-16-34)30(39)40)32-28(37)25-20-26(36-14-13-23(21-36)42-3)33-27(31-25)22-10-7-6-8-11-22/h6-8,10-11,20,23-24H,4-5,9,12-19,21H2,1-3H3,(H,32,37)(H,39,40)/t23-,24-/m0/s1. The molecule has 2 saturated heterocycles. The Kier molecular flexibility index (Phi) is 12.3. The Labute approximate surface area is 263 Å². The fraction of sp³-hybridized carbons (Fsp3) is 0.567. The van der Waals surface area contributed by atoms with E-state index >= 15 is 0 Å². The van der Waals surface area contributed by atoms with Crippen LogP contribution in [-0.2, 0) is 23.1 Å². The van der Waals surface area contributed by atoms with Crippen LogP contribution in [0.2, 0.25) is 0 Å². The molecule has 2 aliphatic rings. The molecule has 0 spiro atoms. The minimum Gasteiger partial charge on any atom is -0.465 e. The van der Waals surface area contributed by atoms with Gasteiger partial charge in [-0.15, -0.1) is 0 Å². The number of rotatable bonds is 14. The van der Waals surface area contributed by atoms with Crippen molar-refractivity contribution in [3.05, 3.63) is 42.1 Å². The van der Waals surface area contributed by atoms with Crippen molar-refractivity contribution in [1.82, 2.24) is 25.1 Å². The molecule has 15 heteroatoms. The SMILES string of the molecule is CCOP(=O)(CCC[C@H](NC(=O)c1cc(N2CC[C@H](OC)C2)nc(-c2ccccc2)n1)C(=O)N1CCN(C(=O)O)CC1)OCC. The lowest BCUT2D eigenvalue weighted by atomic mass is 10.1. The van der Waals surface area contributed by atoms with Crippen LogP contribution in [-0.4, -0.2) is 121 Å². The molecule has 2 N–H and O–H groups in total. The van der Waals surface area contributed by atoms with Crippen LogP contribution in [0, 0.1) is 0 Å². The van der Waals surface area contributed by atoms with Crippen molar-refractivity contribution in [3.8, 4) is 11.4 Å². The topological polar surface area (TPSA) is 164 Å². The first-order chi connectivity index (χ1) is 21.7. The highest BCUT2D eigenvalue weighted by Crippen LogP contribution is 2.48. The Balaban J connectivity index is 1.58. The molecule has 45 heavy (non-hydrogen) atoms. The van der Waals surface area contributed by atoms with Gasteiger partial charge < -0.3 is 38.9 Å². The van der Waals surface area contributed by atoms with E-state index in [1.54, 1.807) is 31.9 Å². The second-order valence-electron chi connectivity index (χ2n) is 10.8. The van der Waals surface area contributed by atoms with Gasteiger partial charge in [0, 0.05) is 58.0 Å². The van der Waals surface area contributed by atoms with E-state index in [0.717, 1.165) is 12.0 Å². The number of methoxy groups -OCH3 is 1. The molecule has 1 aromatic carbocycles. The van der Waals surface area contributed by atoms with Gasteiger partial charge in [0.05, 0.1) is 25.5 Å². The summed E-state index contributed by atoms with van der Waals surface area (Å²) in [5, 5.41) is 12.2. The molecular weight excluding hydrogens is 603 g/mol. The van der Waals surface area contributed by atoms with Crippen molar-refractivity contribution in [3.63, 3.8) is 0 Å². The van der Waals surface area contributed by atoms with Crippen LogP contribution < -0.4 is 10.2 Å². The first kappa shape index (κ1) is 34.3. The maximum atomic E-state index is 13.8. The van der Waals surface area contributed by atoms with Gasteiger partial charge in [0.15, 0.2) is 5.82 Å². The zero-order chi connectivity index (χ0) is 32.4. The number of nitrogens with one attached hydrogen (secondary N) is 1. The number of nitrogens with zero attached hydrogens (tertiary/aromatic N) is 5. The van der Waals surface area contributed by atoms with Crippen molar-refractivity contribution in [2.45, 2.75) is 45.3 Å². The Bertz CT molecular complexity index is 1350. The van der Waals surface area contributed by atoms with Gasteiger partial charge in [-0.1, -0.05) is 30.3 Å². The number of benzene rings is 1. The molecule has 0 unspecified atom stereocenters. The normalized spacial score (nSPS) is 17.8. The van der Waals surface area contributed by atoms with Crippen molar-refractivity contribution in [2.24, 2.45) is 0 Å². The summed E-state index contributed by atoms with van der Waals surface area (Å²) in [4.78, 5) is 53.1. The van der Waals surface area contributed by atoms with Gasteiger partial charge in [0.2, 0.25) is 5.91 Å². The van der Waals surface area contributed by atoms with E-state index in [1.807, 2.05) is 35.2 Å². The van der Waals surface area contributed by atoms with Crippen LogP contribution in [0.4, 0.5) is 10.6 Å². The third kappa shape index (κ3) is 9.23. The summed E-state index contributed by atoms with van der Waals surface area (Å²) in [6, 6.07) is 9.97. The molecule has 1 aromatic heterocycles. The zero-order valence-electron chi connectivity index (χ0n) is 26.1. The minimum absolute atomic E-state index is 0.0466. The lowest BCUT2D eigenvalue weighted by Gasteiger charge is -2.35. The molecular formula is C30H43N6O8P. The minimum atomic E-state index is -3.36. The second-order valence-corrected chi connectivity index (χ2v) is 13.0. The molecule has 2 aromatic rings. The predicted octanol–water partition coefficient (Wildman–Crippen LogP) is 3.34. The third-order valence-electron chi connectivity index (χ3n) is 7.82. The van der Waals surface area contributed by atoms with Crippen LogP contribution in [0.15, 0.2) is 36.4 Å². The number of aromatic nitrogens is 2. The Hall–Kier alpha value is -3.58. The highest BCUT2D eigenvalue weighted by atomic mass is 31.2. The molecule has 3 heterocycles. The maximum absolute atomic E-state index is 13.8. The Morgan fingerprint density at radius 3 is 2.29 bits per heavy atom. The van der Waals surface area contributed by atoms with Crippen LogP contribution >= 0.6 is 7.60 Å². The average molecular weight is 647 g/mol. The van der Waals surface area contributed by atoms with Gasteiger partial charge in [0.1, 0.15) is 17.6 Å². The molecule has 0 aliphatic carbocycles. The molecule has 0 radical (unpaired) electrons. The Morgan fingerprint density at radius 2 is 1.69 bits per heavy atom. The molecule has 4 rings (SSSR count). The summed E-state index contributed by atoms with van der Waals surface area (Å²) >= 11 is 0. The van der Waals surface area contributed by atoms with E-state index in [4.69, 9.17) is 18.8 Å². The van der Waals surface area contributed by atoms with E-state index in [0.29, 0.717) is 24.7 Å². The summed E-state index contributed by atoms with van der Waals surface area (Å²) in [6.45, 7) is 5.93. The third-order valence-corrected chi connectivity index (χ3v) is 9.99. The van der Waals surface area contributed by atoms with Crippen LogP contribution in [0.5, 0.6) is 0 Å². The molecule has 2 aliphatic heterocycles. The smallest absolute Gasteiger partial charge is 0.407 e. The quantitative estimate of drug-likeness (QED) is 0.289. The number of ether oxygens (including phenoxy) is 1. The van der Waals surface area contributed by atoms with Gasteiger partial charge >= 0.3 is 13.7 Å². The molecule has 0 bridgehead atoms. The van der Waals surface area contributed by atoms with Gasteiger partial charge in [-0.3, -0.25) is 14.2 Å². The summed E-state index contributed by atoms with van der Waals surface area (Å²) in [7, 11) is -1.69. The largest absolute Gasteiger partial charge is 0.465 e. The number of piperazine rings is 1. The van der Waals surface area contributed by atoms with Gasteiger partial charge in [-0.2, -0.15) is 0 Å². The van der Waals surface area contributed by atoms with E-state index < -0.39 is 25.6 Å². The van der Waals surface area contributed by atoms with E-state index in [1.165, 1.54) is 4.90 Å². The number of anilines is 1. The molecule has 0 saturated carbocycles. The van der Waals surface area contributed by atoms with E-state index in [2.05, 4.69) is 10.3 Å². The van der Waals surface area contributed by atoms with E-state index in [9.17, 15) is 24.1 Å². The summed E-state index contributed by atoms with van der Waals surface area (Å²) in [6.07, 6.45) is 0.343. The lowest BCUT2D eigenvalue weighted by molar-refractivity contribution is -0.135. The summed E-state index contributed by atoms with van der Waals surface area (Å²) < 4.78 is 29.4. The van der Waals surface area contributed by atoms with Crippen molar-refractivity contribution in [2.75, 3.05) is 70.7 Å². The number of carboxylic acid groups (broad SMARTS) is 1. The average Bonchev–Trinajstić information content (AvgIpc) is 3.54. The van der Waals surface area contributed by atoms with Crippen LogP contribution in [0.3, 0.4) is 0 Å². The first-order valence-electron chi connectivity index (χ1n) is 15.3. The zero-order valence-corrected chi connectivity index (χ0v) is 27.0. The molecule has 3 amide bonds. The fourth-order valence-corrected chi connectivity index (χ4v) is 7.12. The molecule has 2 atom stereocenters. The lowest BCUT2D eigenvalue weighted by Crippen LogP contribution is -2.55. The Morgan fingerprint density at radius 1 is 1.02 bits per heavy atom. The highest BCUT2D eigenvalue weighted by Gasteiger charge is 2.32. The molecule has 246 valence electrons. The van der Waals surface area contributed by atoms with Crippen molar-refractivity contribution >= 4 is 31.3 Å². The van der Waals surface area contributed by atoms with Gasteiger partial charge in [0.25, 0.3) is 5.91 Å². The monoisotopic (exact) mass is 646 g/mol. The number of carbonyl (C=O) groups is 3. The number of hydrogen-bond donors (Lipinski definition) is 2. The maximum Gasteiger partial charge on any atom is 0.407 e. The number of hydrogen-bond acceptors (Lipinski definition) is 10. The van der Waals surface area contributed by atoms with Crippen molar-refractivity contribution in [1.29, 1.82) is 0 Å². The second kappa shape index (κ2) is 16.1. The summed E-state index contributed by atoms with van der Waals surface area (Å²) in [5.41, 5.74) is 0.838. The van der Waals surface area contributed by atoms with Crippen molar-refractivity contribution < 1.29 is 37.8 Å².